The number of halogens is 4. The van der Waals surface area contributed by atoms with Crippen molar-refractivity contribution in [2.75, 3.05) is 51.5 Å². The monoisotopic (exact) mass is 563 g/mol. The minimum Gasteiger partial charge on any atom is -0.480 e. The smallest absolute Gasteiger partial charge is 0.393 e. The number of nitrogens with one attached hydrogen (secondary N) is 3. The molecule has 1 aliphatic rings. The topological polar surface area (TPSA) is 78.5 Å². The van der Waals surface area contributed by atoms with E-state index in [9.17, 15) is 22.4 Å². The van der Waals surface area contributed by atoms with Crippen LogP contribution in [0.2, 0.25) is 0 Å². The Morgan fingerprint density at radius 3 is 2.74 bits per heavy atom. The second kappa shape index (κ2) is 12.1. The lowest BCUT2D eigenvalue weighted by atomic mass is 10.0. The molecule has 4 rings (SSSR count). The van der Waals surface area contributed by atoms with Crippen LogP contribution in [0.1, 0.15) is 27.3 Å². The van der Waals surface area contributed by atoms with Gasteiger partial charge in [-0.15, -0.1) is 11.3 Å². The molecule has 0 aliphatic carbocycles. The van der Waals surface area contributed by atoms with Crippen LogP contribution in [0.4, 0.5) is 28.9 Å². The Kier molecular flexibility index (Phi) is 8.82. The number of rotatable bonds is 7. The molecule has 39 heavy (non-hydrogen) atoms. The lowest BCUT2D eigenvalue weighted by Gasteiger charge is -2.33. The van der Waals surface area contributed by atoms with Gasteiger partial charge in [-0.1, -0.05) is 24.0 Å². The Morgan fingerprint density at radius 1 is 1.26 bits per heavy atom. The van der Waals surface area contributed by atoms with E-state index in [4.69, 9.17) is 4.74 Å². The SMILES string of the molecule is CNC(=O)c1ccc(NCC#Cc2sc3c(N[C@@H]4CCN(C)C[C@@H]4F)cccc3c2CC(F)(F)F)c(OC)n1. The number of alkyl halides is 4. The molecular weight excluding hydrogens is 534 g/mol. The summed E-state index contributed by atoms with van der Waals surface area (Å²) in [7, 11) is 4.76. The lowest BCUT2D eigenvalue weighted by Crippen LogP contribution is -2.46. The summed E-state index contributed by atoms with van der Waals surface area (Å²) in [6.45, 7) is 1.13. The average molecular weight is 564 g/mol. The number of carbonyl (C=O) groups excluding carboxylic acids is 1. The van der Waals surface area contributed by atoms with Crippen molar-refractivity contribution in [3.63, 3.8) is 0 Å². The molecule has 3 N–H and O–H groups in total. The molecule has 0 unspecified atom stereocenters. The standard InChI is InChI=1S/C27H29F4N5O2S/c1-32-25(37)21-9-10-22(26(35-21)38-3)33-12-5-8-23-17(14-27(29,30)31)16-6-4-7-20(24(16)39-23)34-19-11-13-36(2)15-18(19)28/h4,6-7,9-10,18-19,33-34H,11-15H2,1-3H3,(H,32,37)/t18-,19+/m0/s1. The summed E-state index contributed by atoms with van der Waals surface area (Å²) in [6.07, 6.45) is -6.03. The summed E-state index contributed by atoms with van der Waals surface area (Å²) in [5.74, 6) is 5.59. The van der Waals surface area contributed by atoms with Crippen molar-refractivity contribution in [3.8, 4) is 17.7 Å². The second-order valence-corrected chi connectivity index (χ2v) is 10.2. The molecule has 0 spiro atoms. The lowest BCUT2D eigenvalue weighted by molar-refractivity contribution is -0.126. The Labute approximate surface area is 227 Å². The number of anilines is 2. The van der Waals surface area contributed by atoms with Crippen LogP contribution in [0.3, 0.4) is 0 Å². The number of hydrogen-bond donors (Lipinski definition) is 3. The van der Waals surface area contributed by atoms with E-state index in [1.807, 2.05) is 11.9 Å². The first kappa shape index (κ1) is 28.4. The third kappa shape index (κ3) is 6.91. The highest BCUT2D eigenvalue weighted by Gasteiger charge is 2.32. The number of amides is 1. The fraction of sp³-hybridized carbons (Fsp3) is 0.407. The average Bonchev–Trinajstić information content (AvgIpc) is 3.24. The molecule has 1 amide bonds. The number of fused-ring (bicyclic) bond motifs is 1. The number of pyridine rings is 1. The van der Waals surface area contributed by atoms with Gasteiger partial charge in [-0.2, -0.15) is 13.2 Å². The number of methoxy groups -OCH3 is 1. The zero-order valence-corrected chi connectivity index (χ0v) is 22.5. The predicted octanol–water partition coefficient (Wildman–Crippen LogP) is 4.69. The van der Waals surface area contributed by atoms with E-state index < -0.39 is 24.8 Å². The van der Waals surface area contributed by atoms with E-state index in [-0.39, 0.29) is 29.6 Å². The number of nitrogens with zero attached hydrogens (tertiary/aromatic N) is 2. The molecule has 12 heteroatoms. The van der Waals surface area contributed by atoms with Crippen LogP contribution in [0.15, 0.2) is 30.3 Å². The predicted molar refractivity (Wildman–Crippen MR) is 146 cm³/mol. The normalized spacial score (nSPS) is 17.8. The van der Waals surface area contributed by atoms with Crippen LogP contribution in [-0.4, -0.2) is 75.0 Å². The molecule has 208 valence electrons. The van der Waals surface area contributed by atoms with Crippen LogP contribution in [0, 0.1) is 11.8 Å². The number of piperidine rings is 1. The highest BCUT2D eigenvalue weighted by Crippen LogP contribution is 2.39. The van der Waals surface area contributed by atoms with Crippen molar-refractivity contribution in [1.82, 2.24) is 15.2 Å². The second-order valence-electron chi connectivity index (χ2n) is 9.19. The van der Waals surface area contributed by atoms with Crippen molar-refractivity contribution < 1.29 is 27.1 Å². The number of benzene rings is 1. The summed E-state index contributed by atoms with van der Waals surface area (Å²) in [5.41, 5.74) is 1.37. The number of carbonyl (C=O) groups is 1. The first-order valence-corrected chi connectivity index (χ1v) is 13.1. The Morgan fingerprint density at radius 2 is 2.05 bits per heavy atom. The Balaban J connectivity index is 1.59. The number of aromatic nitrogens is 1. The van der Waals surface area contributed by atoms with Gasteiger partial charge >= 0.3 is 6.18 Å². The van der Waals surface area contributed by atoms with Gasteiger partial charge in [-0.05, 0) is 42.6 Å². The van der Waals surface area contributed by atoms with E-state index >= 15 is 0 Å². The van der Waals surface area contributed by atoms with Crippen molar-refractivity contribution in [2.45, 2.75) is 31.2 Å². The van der Waals surface area contributed by atoms with E-state index in [1.54, 1.807) is 24.3 Å². The molecule has 0 saturated carbocycles. The van der Waals surface area contributed by atoms with E-state index in [0.717, 1.165) is 17.9 Å². The van der Waals surface area contributed by atoms with Crippen LogP contribution in [-0.2, 0) is 6.42 Å². The van der Waals surface area contributed by atoms with Crippen LogP contribution >= 0.6 is 11.3 Å². The van der Waals surface area contributed by atoms with Crippen molar-refractivity contribution in [2.24, 2.45) is 0 Å². The molecule has 0 radical (unpaired) electrons. The van der Waals surface area contributed by atoms with Crippen LogP contribution in [0.25, 0.3) is 10.1 Å². The number of likely N-dealkylation sites (tertiary alicyclic amines) is 1. The maximum absolute atomic E-state index is 14.7. The van der Waals surface area contributed by atoms with Crippen molar-refractivity contribution in [1.29, 1.82) is 0 Å². The number of ether oxygens (including phenoxy) is 1. The first-order chi connectivity index (χ1) is 18.6. The number of thiophene rings is 1. The van der Waals surface area contributed by atoms with Crippen LogP contribution < -0.4 is 20.7 Å². The van der Waals surface area contributed by atoms with Crippen molar-refractivity contribution >= 4 is 38.7 Å². The Hall–Kier alpha value is -3.56. The summed E-state index contributed by atoms with van der Waals surface area (Å²) < 4.78 is 61.1. The first-order valence-electron chi connectivity index (χ1n) is 12.3. The highest BCUT2D eigenvalue weighted by atomic mass is 32.1. The Bertz CT molecular complexity index is 1400. The maximum Gasteiger partial charge on any atom is 0.393 e. The molecule has 3 heterocycles. The molecule has 1 fully saturated rings. The van der Waals surface area contributed by atoms with E-state index in [0.29, 0.717) is 39.3 Å². The number of hydrogen-bond acceptors (Lipinski definition) is 7. The van der Waals surface area contributed by atoms with E-state index in [1.165, 1.54) is 20.2 Å². The molecule has 2 atom stereocenters. The highest BCUT2D eigenvalue weighted by molar-refractivity contribution is 7.20. The van der Waals surface area contributed by atoms with Crippen LogP contribution in [0.5, 0.6) is 5.88 Å². The largest absolute Gasteiger partial charge is 0.480 e. The van der Waals surface area contributed by atoms with Gasteiger partial charge in [0, 0.05) is 20.1 Å². The summed E-state index contributed by atoms with van der Waals surface area (Å²) in [6, 6.07) is 7.81. The van der Waals surface area contributed by atoms with E-state index in [2.05, 4.69) is 32.8 Å². The van der Waals surface area contributed by atoms with Gasteiger partial charge in [0.15, 0.2) is 0 Å². The molecular formula is C27H29F4N5O2S. The zero-order chi connectivity index (χ0) is 28.2. The van der Waals surface area contributed by atoms with Gasteiger partial charge in [0.2, 0.25) is 5.88 Å². The van der Waals surface area contributed by atoms with Gasteiger partial charge in [0.1, 0.15) is 11.9 Å². The molecule has 1 aromatic carbocycles. The summed E-state index contributed by atoms with van der Waals surface area (Å²) in [4.78, 5) is 18.2. The molecule has 7 nitrogen and oxygen atoms in total. The molecule has 1 saturated heterocycles. The van der Waals surface area contributed by atoms with Gasteiger partial charge in [0.25, 0.3) is 5.91 Å². The van der Waals surface area contributed by atoms with Gasteiger partial charge in [-0.25, -0.2) is 9.37 Å². The quantitative estimate of drug-likeness (QED) is 0.286. The molecule has 2 aromatic heterocycles. The zero-order valence-electron chi connectivity index (χ0n) is 21.7. The summed E-state index contributed by atoms with van der Waals surface area (Å²) in [5, 5.41) is 9.20. The van der Waals surface area contributed by atoms with Gasteiger partial charge in [0.05, 0.1) is 47.1 Å². The molecule has 3 aromatic rings. The minimum atomic E-state index is -4.42. The van der Waals surface area contributed by atoms with Crippen molar-refractivity contribution in [3.05, 3.63) is 46.5 Å². The summed E-state index contributed by atoms with van der Waals surface area (Å²) >= 11 is 1.16. The molecule has 1 aliphatic heterocycles. The van der Waals surface area contributed by atoms with Gasteiger partial charge < -0.3 is 25.6 Å². The van der Waals surface area contributed by atoms with Gasteiger partial charge in [-0.3, -0.25) is 4.79 Å². The fourth-order valence-electron chi connectivity index (χ4n) is 4.43. The molecule has 0 bridgehead atoms. The maximum atomic E-state index is 14.7. The minimum absolute atomic E-state index is 0.0985. The third-order valence-corrected chi connectivity index (χ3v) is 7.56. The third-order valence-electron chi connectivity index (χ3n) is 6.36. The fourth-order valence-corrected chi connectivity index (χ4v) is 5.60.